The molecular weight excluding hydrogens is 266 g/mol. The quantitative estimate of drug-likeness (QED) is 0.771. The van der Waals surface area contributed by atoms with Crippen molar-refractivity contribution in [2.75, 3.05) is 0 Å². The molecule has 0 fully saturated rings. The number of aromatic nitrogens is 2. The fourth-order valence-corrected chi connectivity index (χ4v) is 2.06. The lowest BCUT2D eigenvalue weighted by atomic mass is 10.2. The van der Waals surface area contributed by atoms with Crippen molar-refractivity contribution < 1.29 is 9.21 Å². The fourth-order valence-electron chi connectivity index (χ4n) is 2.06. The predicted molar refractivity (Wildman–Crippen MR) is 78.6 cm³/mol. The van der Waals surface area contributed by atoms with Crippen LogP contribution in [-0.2, 0) is 0 Å². The minimum atomic E-state index is -0.259. The lowest BCUT2D eigenvalue weighted by Gasteiger charge is -2.10. The smallest absolute Gasteiger partial charge is 0.287 e. The van der Waals surface area contributed by atoms with Crippen LogP contribution in [0.2, 0.25) is 0 Å². The molecule has 0 unspecified atom stereocenters. The Balaban J connectivity index is 1.73. The molecule has 5 heteroatoms. The summed E-state index contributed by atoms with van der Waals surface area (Å²) in [5.74, 6) is 0.732. The largest absolute Gasteiger partial charge is 0.459 e. The van der Waals surface area contributed by atoms with Crippen molar-refractivity contribution in [2.24, 2.45) is 0 Å². The molecule has 0 aliphatic heterocycles. The zero-order valence-electron chi connectivity index (χ0n) is 11.5. The summed E-state index contributed by atoms with van der Waals surface area (Å²) in [5.41, 5.74) is 1.98. The summed E-state index contributed by atoms with van der Waals surface area (Å²) in [6.45, 7) is 1.87. The summed E-state index contributed by atoms with van der Waals surface area (Å²) >= 11 is 0. The molecule has 2 heterocycles. The van der Waals surface area contributed by atoms with Gasteiger partial charge >= 0.3 is 0 Å². The third-order valence-corrected chi connectivity index (χ3v) is 3.18. The molecule has 0 saturated carbocycles. The molecule has 106 valence electrons. The van der Waals surface area contributed by atoms with E-state index < -0.39 is 0 Å². The molecule has 0 bridgehead atoms. The molecule has 0 radical (unpaired) electrons. The number of benzene rings is 1. The van der Waals surface area contributed by atoms with E-state index in [1.54, 1.807) is 18.3 Å². The van der Waals surface area contributed by atoms with E-state index in [0.29, 0.717) is 5.82 Å². The maximum Gasteiger partial charge on any atom is 0.287 e. The summed E-state index contributed by atoms with van der Waals surface area (Å²) in [6, 6.07) is 13.0. The van der Waals surface area contributed by atoms with E-state index in [2.05, 4.69) is 15.3 Å². The number of H-pyrrole nitrogens is 1. The van der Waals surface area contributed by atoms with Crippen molar-refractivity contribution >= 4 is 5.91 Å². The van der Waals surface area contributed by atoms with E-state index in [4.69, 9.17) is 4.42 Å². The lowest BCUT2D eigenvalue weighted by molar-refractivity contribution is 0.0910. The molecule has 2 aromatic heterocycles. The number of nitrogens with zero attached hydrogens (tertiary/aromatic N) is 1. The average Bonchev–Trinajstić information content (AvgIpc) is 3.20. The summed E-state index contributed by atoms with van der Waals surface area (Å²) in [5, 5.41) is 2.84. The maximum atomic E-state index is 11.9. The number of imidazole rings is 1. The summed E-state index contributed by atoms with van der Waals surface area (Å²) < 4.78 is 5.06. The minimum Gasteiger partial charge on any atom is -0.459 e. The van der Waals surface area contributed by atoms with Gasteiger partial charge in [-0.15, -0.1) is 0 Å². The van der Waals surface area contributed by atoms with Crippen molar-refractivity contribution in [1.82, 2.24) is 15.3 Å². The van der Waals surface area contributed by atoms with E-state index in [9.17, 15) is 4.79 Å². The fraction of sp³-hybridized carbons (Fsp3) is 0.125. The topological polar surface area (TPSA) is 70.9 Å². The Labute approximate surface area is 122 Å². The van der Waals surface area contributed by atoms with Gasteiger partial charge in [0.2, 0.25) is 0 Å². The Morgan fingerprint density at radius 2 is 2.05 bits per heavy atom. The Morgan fingerprint density at radius 1 is 1.24 bits per heavy atom. The van der Waals surface area contributed by atoms with E-state index in [1.807, 2.05) is 37.3 Å². The summed E-state index contributed by atoms with van der Waals surface area (Å²) in [4.78, 5) is 19.5. The van der Waals surface area contributed by atoms with E-state index >= 15 is 0 Å². The molecule has 3 aromatic rings. The van der Waals surface area contributed by atoms with Crippen LogP contribution in [0.1, 0.15) is 29.3 Å². The van der Waals surface area contributed by atoms with Crippen LogP contribution in [0.5, 0.6) is 0 Å². The molecule has 5 nitrogen and oxygen atoms in total. The van der Waals surface area contributed by atoms with Gasteiger partial charge in [0.15, 0.2) is 5.76 Å². The molecule has 1 amide bonds. The van der Waals surface area contributed by atoms with Gasteiger partial charge in [0, 0.05) is 0 Å². The molecule has 3 rings (SSSR count). The Hall–Kier alpha value is -2.82. The third-order valence-electron chi connectivity index (χ3n) is 3.18. The molecule has 1 atom stereocenters. The number of amides is 1. The highest BCUT2D eigenvalue weighted by Gasteiger charge is 2.16. The highest BCUT2D eigenvalue weighted by Crippen LogP contribution is 2.19. The van der Waals surface area contributed by atoms with Crippen molar-refractivity contribution in [3.63, 3.8) is 0 Å². The van der Waals surface area contributed by atoms with Crippen LogP contribution in [0.4, 0.5) is 0 Å². The molecule has 0 spiro atoms. The van der Waals surface area contributed by atoms with Gasteiger partial charge in [-0.3, -0.25) is 4.79 Å². The number of carbonyl (C=O) groups is 1. The first kappa shape index (κ1) is 13.2. The minimum absolute atomic E-state index is 0.236. The highest BCUT2D eigenvalue weighted by molar-refractivity contribution is 5.91. The number of nitrogens with one attached hydrogen (secondary N) is 2. The lowest BCUT2D eigenvalue weighted by Crippen LogP contribution is -2.26. The summed E-state index contributed by atoms with van der Waals surface area (Å²) in [7, 11) is 0. The van der Waals surface area contributed by atoms with Gasteiger partial charge in [-0.05, 0) is 24.6 Å². The molecule has 0 saturated heterocycles. The van der Waals surface area contributed by atoms with Gasteiger partial charge < -0.3 is 14.7 Å². The van der Waals surface area contributed by atoms with Crippen LogP contribution in [0, 0.1) is 0 Å². The van der Waals surface area contributed by atoms with E-state index in [1.165, 1.54) is 6.26 Å². The Bertz CT molecular complexity index is 717. The normalized spacial score (nSPS) is 12.0. The van der Waals surface area contributed by atoms with Gasteiger partial charge in [-0.1, -0.05) is 30.3 Å². The number of aromatic amines is 1. The first-order chi connectivity index (χ1) is 10.2. The molecule has 1 aromatic carbocycles. The van der Waals surface area contributed by atoms with Crippen LogP contribution in [0.15, 0.2) is 59.3 Å². The first-order valence-corrected chi connectivity index (χ1v) is 6.69. The molecule has 0 aliphatic rings. The van der Waals surface area contributed by atoms with E-state index in [-0.39, 0.29) is 17.7 Å². The standard InChI is InChI=1S/C16H15N3O2/c1-11(18-16(20)14-8-5-9-21-14)15-17-10-13(19-15)12-6-3-2-4-7-12/h2-11H,1H3,(H,17,19)(H,18,20)/t11-/m1/s1. The van der Waals surface area contributed by atoms with Crippen LogP contribution in [0.3, 0.4) is 0 Å². The second-order valence-corrected chi connectivity index (χ2v) is 4.72. The van der Waals surface area contributed by atoms with E-state index in [0.717, 1.165) is 11.3 Å². The van der Waals surface area contributed by atoms with Crippen molar-refractivity contribution in [3.8, 4) is 11.3 Å². The number of carbonyl (C=O) groups excluding carboxylic acids is 1. The molecule has 2 N–H and O–H groups in total. The van der Waals surface area contributed by atoms with Gasteiger partial charge in [0.1, 0.15) is 5.82 Å². The highest BCUT2D eigenvalue weighted by atomic mass is 16.3. The summed E-state index contributed by atoms with van der Waals surface area (Å²) in [6.07, 6.45) is 3.24. The van der Waals surface area contributed by atoms with Crippen LogP contribution >= 0.6 is 0 Å². The van der Waals surface area contributed by atoms with Crippen molar-refractivity contribution in [3.05, 3.63) is 66.5 Å². The number of hydrogen-bond donors (Lipinski definition) is 2. The van der Waals surface area contributed by atoms with Crippen LogP contribution in [-0.4, -0.2) is 15.9 Å². The number of hydrogen-bond acceptors (Lipinski definition) is 3. The molecule has 21 heavy (non-hydrogen) atoms. The monoisotopic (exact) mass is 281 g/mol. The zero-order chi connectivity index (χ0) is 14.7. The predicted octanol–water partition coefficient (Wildman–Crippen LogP) is 3.16. The number of furan rings is 1. The average molecular weight is 281 g/mol. The SMILES string of the molecule is C[C@@H](NC(=O)c1ccco1)c1ncc(-c2ccccc2)[nH]1. The van der Waals surface area contributed by atoms with Crippen molar-refractivity contribution in [2.45, 2.75) is 13.0 Å². The zero-order valence-corrected chi connectivity index (χ0v) is 11.5. The maximum absolute atomic E-state index is 11.9. The second kappa shape index (κ2) is 5.66. The van der Waals surface area contributed by atoms with Gasteiger partial charge in [-0.2, -0.15) is 0 Å². The van der Waals surface area contributed by atoms with Crippen LogP contribution in [0.25, 0.3) is 11.3 Å². The Morgan fingerprint density at radius 3 is 2.76 bits per heavy atom. The Kier molecular flexibility index (Phi) is 3.55. The third kappa shape index (κ3) is 2.86. The van der Waals surface area contributed by atoms with Gasteiger partial charge in [0.05, 0.1) is 24.2 Å². The van der Waals surface area contributed by atoms with Gasteiger partial charge in [-0.25, -0.2) is 4.98 Å². The van der Waals surface area contributed by atoms with Crippen LogP contribution < -0.4 is 5.32 Å². The first-order valence-electron chi connectivity index (χ1n) is 6.69. The second-order valence-electron chi connectivity index (χ2n) is 4.72. The van der Waals surface area contributed by atoms with Crippen molar-refractivity contribution in [1.29, 1.82) is 0 Å². The molecular formula is C16H15N3O2. The van der Waals surface area contributed by atoms with Gasteiger partial charge in [0.25, 0.3) is 5.91 Å². The molecule has 0 aliphatic carbocycles. The number of rotatable bonds is 4.